The lowest BCUT2D eigenvalue weighted by molar-refractivity contribution is 0.0880. The average molecular weight is 324 g/mol. The summed E-state index contributed by atoms with van der Waals surface area (Å²) in [7, 11) is 0. The number of rotatable bonds is 1. The van der Waals surface area contributed by atoms with E-state index in [-0.39, 0.29) is 35.0 Å². The summed E-state index contributed by atoms with van der Waals surface area (Å²) >= 11 is 0. The minimum Gasteiger partial charge on any atom is -0.454 e. The van der Waals surface area contributed by atoms with E-state index in [2.05, 4.69) is 5.32 Å². The molecule has 0 fully saturated rings. The number of nitriles is 1. The van der Waals surface area contributed by atoms with Crippen LogP contribution in [0, 0.1) is 11.3 Å². The van der Waals surface area contributed by atoms with Gasteiger partial charge in [0.05, 0.1) is 22.4 Å². The largest absolute Gasteiger partial charge is 0.454 e. The first kappa shape index (κ1) is 13.8. The highest BCUT2D eigenvalue weighted by Crippen LogP contribution is 2.36. The molecule has 2 aliphatic heterocycles. The van der Waals surface area contributed by atoms with Gasteiger partial charge in [-0.3, -0.25) is 24.3 Å². The Morgan fingerprint density at radius 1 is 1.12 bits per heavy atom. The van der Waals surface area contributed by atoms with Crippen LogP contribution in [-0.2, 0) is 0 Å². The number of nitrogens with one attached hydrogen (secondary N) is 1. The van der Waals surface area contributed by atoms with Gasteiger partial charge in [-0.1, -0.05) is 0 Å². The van der Waals surface area contributed by atoms with E-state index in [9.17, 15) is 19.6 Å². The van der Waals surface area contributed by atoms with Gasteiger partial charge in [-0.15, -0.1) is 0 Å². The molecule has 0 bridgehead atoms. The number of amides is 2. The van der Waals surface area contributed by atoms with Gasteiger partial charge in [-0.2, -0.15) is 5.26 Å². The van der Waals surface area contributed by atoms with Crippen molar-refractivity contribution in [3.05, 3.63) is 45.2 Å². The molecular weight excluding hydrogens is 316 g/mol. The van der Waals surface area contributed by atoms with E-state index in [1.54, 1.807) is 0 Å². The van der Waals surface area contributed by atoms with Crippen molar-refractivity contribution in [1.29, 1.82) is 5.26 Å². The molecule has 1 aromatic carbocycles. The van der Waals surface area contributed by atoms with Crippen LogP contribution in [0.2, 0.25) is 0 Å². The molecule has 0 saturated heterocycles. The molecule has 0 aliphatic carbocycles. The van der Waals surface area contributed by atoms with Crippen LogP contribution in [0.3, 0.4) is 0 Å². The molecule has 24 heavy (non-hydrogen) atoms. The molecule has 3 N–H and O–H groups in total. The van der Waals surface area contributed by atoms with Crippen molar-refractivity contribution in [3.63, 3.8) is 0 Å². The third kappa shape index (κ3) is 1.70. The van der Waals surface area contributed by atoms with E-state index >= 15 is 0 Å². The number of anilines is 1. The van der Waals surface area contributed by atoms with Crippen molar-refractivity contribution >= 4 is 17.6 Å². The Morgan fingerprint density at radius 3 is 2.54 bits per heavy atom. The van der Waals surface area contributed by atoms with Crippen LogP contribution in [0.15, 0.2) is 23.0 Å². The van der Waals surface area contributed by atoms with E-state index in [0.29, 0.717) is 11.5 Å². The molecule has 1 aromatic heterocycles. The van der Waals surface area contributed by atoms with Crippen LogP contribution in [0.25, 0.3) is 5.69 Å². The first-order valence-electron chi connectivity index (χ1n) is 6.76. The fourth-order valence-electron chi connectivity index (χ4n) is 2.73. The maximum absolute atomic E-state index is 12.4. The summed E-state index contributed by atoms with van der Waals surface area (Å²) in [6.45, 7) is -0.00483. The Bertz CT molecular complexity index is 1050. The Hall–Kier alpha value is -3.80. The number of imide groups is 1. The summed E-state index contributed by atoms with van der Waals surface area (Å²) in [5, 5.41) is 11.4. The zero-order chi connectivity index (χ0) is 17.0. The van der Waals surface area contributed by atoms with Crippen molar-refractivity contribution < 1.29 is 19.1 Å². The van der Waals surface area contributed by atoms with Crippen molar-refractivity contribution in [2.75, 3.05) is 12.5 Å². The summed E-state index contributed by atoms with van der Waals surface area (Å²) in [6, 6.07) is 5.81. The Balaban J connectivity index is 2.05. The molecule has 0 atom stereocenters. The number of nitrogen functional groups attached to an aromatic ring is 1. The van der Waals surface area contributed by atoms with Gasteiger partial charge in [-0.05, 0) is 0 Å². The van der Waals surface area contributed by atoms with Crippen LogP contribution in [0.4, 0.5) is 5.82 Å². The van der Waals surface area contributed by atoms with E-state index in [1.807, 2.05) is 6.07 Å². The zero-order valence-corrected chi connectivity index (χ0v) is 12.0. The lowest BCUT2D eigenvalue weighted by Crippen LogP contribution is -2.24. The van der Waals surface area contributed by atoms with E-state index in [1.165, 1.54) is 12.1 Å². The third-order valence-corrected chi connectivity index (χ3v) is 3.81. The fourth-order valence-corrected chi connectivity index (χ4v) is 2.73. The van der Waals surface area contributed by atoms with Crippen LogP contribution < -0.4 is 26.1 Å². The normalized spacial score (nSPS) is 14.3. The van der Waals surface area contributed by atoms with Gasteiger partial charge in [0.2, 0.25) is 6.79 Å². The highest BCUT2D eigenvalue weighted by atomic mass is 16.7. The molecule has 0 radical (unpaired) electrons. The van der Waals surface area contributed by atoms with Crippen molar-refractivity contribution in [1.82, 2.24) is 9.88 Å². The molecule has 0 unspecified atom stereocenters. The standard InChI is InChI=1S/C15H8N4O5/c16-4-6-1-9-10(24-5-23-9)3-8(6)19-11(20)2-7-12(13(19)17)15(22)18-14(7)21/h1-3H,5,17H2,(H,18,21,22). The number of carbonyl (C=O) groups is 2. The van der Waals surface area contributed by atoms with Gasteiger partial charge < -0.3 is 15.2 Å². The minimum atomic E-state index is -0.694. The van der Waals surface area contributed by atoms with Gasteiger partial charge in [0.1, 0.15) is 11.9 Å². The molecule has 118 valence electrons. The lowest BCUT2D eigenvalue weighted by Gasteiger charge is -2.13. The number of nitrogens with two attached hydrogens (primary N) is 1. The predicted molar refractivity (Wildman–Crippen MR) is 79.1 cm³/mol. The molecule has 0 spiro atoms. The topological polar surface area (TPSA) is 136 Å². The van der Waals surface area contributed by atoms with Crippen LogP contribution in [0.5, 0.6) is 11.5 Å². The molecule has 2 amide bonds. The average Bonchev–Trinajstić information content (AvgIpc) is 3.10. The van der Waals surface area contributed by atoms with Crippen molar-refractivity contribution in [3.8, 4) is 23.3 Å². The number of hydrogen-bond donors (Lipinski definition) is 2. The first-order valence-corrected chi connectivity index (χ1v) is 6.76. The smallest absolute Gasteiger partial charge is 0.262 e. The van der Waals surface area contributed by atoms with Gasteiger partial charge >= 0.3 is 0 Å². The quantitative estimate of drug-likeness (QED) is 0.699. The summed E-state index contributed by atoms with van der Waals surface area (Å²) in [5.74, 6) is -0.888. The number of benzene rings is 1. The van der Waals surface area contributed by atoms with Gasteiger partial charge in [0.25, 0.3) is 17.4 Å². The van der Waals surface area contributed by atoms with Gasteiger partial charge in [0, 0.05) is 18.2 Å². The monoisotopic (exact) mass is 324 g/mol. The first-order chi connectivity index (χ1) is 11.5. The highest BCUT2D eigenvalue weighted by Gasteiger charge is 2.32. The molecule has 2 aliphatic rings. The fraction of sp³-hybridized carbons (Fsp3) is 0.0667. The molecule has 9 nitrogen and oxygen atoms in total. The molecule has 3 heterocycles. The van der Waals surface area contributed by atoms with Crippen LogP contribution in [0.1, 0.15) is 26.3 Å². The molecule has 0 saturated carbocycles. The molecule has 2 aromatic rings. The summed E-state index contributed by atoms with van der Waals surface area (Å²) in [6.07, 6.45) is 0. The number of pyridine rings is 1. The number of ether oxygens (including phenoxy) is 2. The molecule has 9 heteroatoms. The van der Waals surface area contributed by atoms with Crippen LogP contribution in [-0.4, -0.2) is 23.2 Å². The Morgan fingerprint density at radius 2 is 1.83 bits per heavy atom. The maximum atomic E-state index is 12.4. The maximum Gasteiger partial charge on any atom is 0.262 e. The van der Waals surface area contributed by atoms with Gasteiger partial charge in [0.15, 0.2) is 11.5 Å². The second-order valence-corrected chi connectivity index (χ2v) is 5.11. The number of nitrogens with zero attached hydrogens (tertiary/aromatic N) is 2. The Kier molecular flexibility index (Phi) is 2.65. The van der Waals surface area contributed by atoms with E-state index < -0.39 is 17.4 Å². The number of aromatic nitrogens is 1. The molecular formula is C15H8N4O5. The molecule has 4 rings (SSSR count). The second kappa shape index (κ2) is 4.60. The van der Waals surface area contributed by atoms with Crippen molar-refractivity contribution in [2.45, 2.75) is 0 Å². The zero-order valence-electron chi connectivity index (χ0n) is 12.0. The summed E-state index contributed by atoms with van der Waals surface area (Å²) in [4.78, 5) is 36.0. The predicted octanol–water partition coefficient (Wildman–Crippen LogP) is -0.0963. The van der Waals surface area contributed by atoms with Crippen molar-refractivity contribution in [2.24, 2.45) is 0 Å². The number of fused-ring (bicyclic) bond motifs is 2. The number of carbonyl (C=O) groups excluding carboxylic acids is 2. The lowest BCUT2D eigenvalue weighted by atomic mass is 10.1. The van der Waals surface area contributed by atoms with E-state index in [4.69, 9.17) is 15.2 Å². The minimum absolute atomic E-state index is 0.00483. The van der Waals surface area contributed by atoms with E-state index in [0.717, 1.165) is 10.6 Å². The van der Waals surface area contributed by atoms with Gasteiger partial charge in [-0.25, -0.2) is 0 Å². The second-order valence-electron chi connectivity index (χ2n) is 5.11. The highest BCUT2D eigenvalue weighted by molar-refractivity contribution is 6.23. The Labute approximate surface area is 133 Å². The summed E-state index contributed by atoms with van der Waals surface area (Å²) in [5.41, 5.74) is 5.38. The van der Waals surface area contributed by atoms with Crippen LogP contribution >= 0.6 is 0 Å². The number of hydrogen-bond acceptors (Lipinski definition) is 7. The third-order valence-electron chi connectivity index (χ3n) is 3.81. The summed E-state index contributed by atoms with van der Waals surface area (Å²) < 4.78 is 11.4. The SMILES string of the molecule is N#Cc1cc2c(cc1-n1c(N)c3c(cc1=O)C(=O)NC3=O)OCO2.